The van der Waals surface area contributed by atoms with E-state index in [1.165, 1.54) is 4.90 Å². The van der Waals surface area contributed by atoms with Gasteiger partial charge in [-0.05, 0) is 69.7 Å². The molecule has 3 amide bonds. The van der Waals surface area contributed by atoms with Gasteiger partial charge in [0, 0.05) is 23.0 Å². The molecule has 204 valence electrons. The normalized spacial score (nSPS) is 28.8. The number of aliphatic hydroxyl groups is 1. The first kappa shape index (κ1) is 27.8. The number of likely N-dealkylation sites (tertiary alicyclic amines) is 1. The maximum Gasteiger partial charge on any atom is 0.244 e. The number of carbonyl (C=O) groups excluding carboxylic acids is 3. The monoisotopic (exact) mass is 531 g/mol. The lowest BCUT2D eigenvalue weighted by atomic mass is 9.70. The number of amides is 3. The molecule has 4 rings (SSSR count). The number of nitrogens with one attached hydrogen (secondary N) is 2. The van der Waals surface area contributed by atoms with Crippen LogP contribution in [0.1, 0.15) is 60.8 Å². The van der Waals surface area contributed by atoms with Crippen molar-refractivity contribution in [2.24, 2.45) is 17.3 Å². The van der Waals surface area contributed by atoms with Crippen LogP contribution in [0.5, 0.6) is 5.75 Å². The van der Waals surface area contributed by atoms with Crippen LogP contribution in [0.25, 0.3) is 0 Å². The number of hydrogen-bond donors (Lipinski definition) is 3. The van der Waals surface area contributed by atoms with E-state index in [0.29, 0.717) is 18.7 Å². The number of carbonyl (C=O) groups is 3. The van der Waals surface area contributed by atoms with Crippen molar-refractivity contribution in [2.75, 3.05) is 25.1 Å². The van der Waals surface area contributed by atoms with Crippen molar-refractivity contribution in [3.05, 3.63) is 24.3 Å². The second-order valence-electron chi connectivity index (χ2n) is 12.4. The number of fused-ring (bicyclic) bond motifs is 1. The summed E-state index contributed by atoms with van der Waals surface area (Å²) >= 11 is 1.63. The summed E-state index contributed by atoms with van der Waals surface area (Å²) in [5.41, 5.74) is 0.188. The van der Waals surface area contributed by atoms with Crippen LogP contribution in [0.2, 0.25) is 0 Å². The zero-order valence-corrected chi connectivity index (χ0v) is 23.6. The molecule has 8 nitrogen and oxygen atoms in total. The summed E-state index contributed by atoms with van der Waals surface area (Å²) in [7, 11) is 0. The summed E-state index contributed by atoms with van der Waals surface area (Å²) in [5, 5.41) is 16.0. The summed E-state index contributed by atoms with van der Waals surface area (Å²) in [6.07, 6.45) is 2.24. The van der Waals surface area contributed by atoms with E-state index in [4.69, 9.17) is 4.74 Å². The van der Waals surface area contributed by atoms with Crippen LogP contribution in [-0.4, -0.2) is 69.1 Å². The molecular weight excluding hydrogens is 490 g/mol. The lowest BCUT2D eigenvalue weighted by Crippen LogP contribution is -2.58. The Kier molecular flexibility index (Phi) is 7.60. The average molecular weight is 532 g/mol. The minimum absolute atomic E-state index is 0.0124. The molecule has 2 bridgehead atoms. The van der Waals surface area contributed by atoms with Crippen molar-refractivity contribution in [1.82, 2.24) is 10.2 Å². The molecule has 1 spiro atoms. The fraction of sp³-hybridized carbons (Fsp3) is 0.679. The molecule has 3 fully saturated rings. The van der Waals surface area contributed by atoms with Gasteiger partial charge in [0.05, 0.1) is 29.8 Å². The second-order valence-corrected chi connectivity index (χ2v) is 14.0. The number of aliphatic hydroxyl groups excluding tert-OH is 1. The molecule has 3 saturated heterocycles. The first-order valence-electron chi connectivity index (χ1n) is 13.3. The van der Waals surface area contributed by atoms with Gasteiger partial charge in [0.1, 0.15) is 11.8 Å². The van der Waals surface area contributed by atoms with Crippen molar-refractivity contribution in [3.63, 3.8) is 0 Å². The highest BCUT2D eigenvalue weighted by Gasteiger charge is 2.73. The van der Waals surface area contributed by atoms with Gasteiger partial charge < -0.3 is 25.4 Å². The van der Waals surface area contributed by atoms with Gasteiger partial charge in [-0.1, -0.05) is 20.8 Å². The third kappa shape index (κ3) is 5.35. The van der Waals surface area contributed by atoms with Crippen LogP contribution < -0.4 is 15.4 Å². The van der Waals surface area contributed by atoms with Gasteiger partial charge in [0.2, 0.25) is 17.7 Å². The molecule has 0 radical (unpaired) electrons. The van der Waals surface area contributed by atoms with Gasteiger partial charge in [-0.3, -0.25) is 14.4 Å². The molecular formula is C28H41N3O5S. The third-order valence-electron chi connectivity index (χ3n) is 7.56. The number of anilines is 1. The Labute approximate surface area is 224 Å². The standard InChI is InChI=1S/C28H41N3O5S/c1-7-36-18-10-8-17(9-11-18)29-23(33)20-19-12-13-28(37-19)21(20)25(35)31(14-15-32)22(28)24(34)30-27(5,6)16-26(2,3)4/h8-11,19-22,32H,7,12-16H2,1-6H3,(H,29,33)(H,30,34)/t19-,20+,21+,22?,28?/m1/s1. The lowest BCUT2D eigenvalue weighted by Gasteiger charge is -2.38. The zero-order chi connectivity index (χ0) is 27.2. The van der Waals surface area contributed by atoms with E-state index in [0.717, 1.165) is 18.6 Å². The molecule has 1 aromatic carbocycles. The van der Waals surface area contributed by atoms with Crippen molar-refractivity contribution in [2.45, 2.75) is 82.4 Å². The van der Waals surface area contributed by atoms with E-state index in [9.17, 15) is 19.5 Å². The van der Waals surface area contributed by atoms with Crippen LogP contribution in [0, 0.1) is 17.3 Å². The van der Waals surface area contributed by atoms with Crippen molar-refractivity contribution >= 4 is 35.2 Å². The Morgan fingerprint density at radius 1 is 1.16 bits per heavy atom. The number of β-amino-alcohol motifs (C(OH)–C–C–N with tert-alkyl or cyclic N) is 1. The summed E-state index contributed by atoms with van der Waals surface area (Å²) in [5.74, 6) is -0.988. The number of rotatable bonds is 9. The predicted molar refractivity (Wildman–Crippen MR) is 145 cm³/mol. The van der Waals surface area contributed by atoms with Gasteiger partial charge in [-0.15, -0.1) is 11.8 Å². The van der Waals surface area contributed by atoms with E-state index in [2.05, 4.69) is 31.4 Å². The minimum Gasteiger partial charge on any atom is -0.494 e. The Morgan fingerprint density at radius 2 is 1.84 bits per heavy atom. The summed E-state index contributed by atoms with van der Waals surface area (Å²) in [6, 6.07) is 6.48. The fourth-order valence-electron chi connectivity index (χ4n) is 6.90. The van der Waals surface area contributed by atoms with Crippen LogP contribution >= 0.6 is 11.8 Å². The van der Waals surface area contributed by atoms with Gasteiger partial charge in [0.25, 0.3) is 0 Å². The van der Waals surface area contributed by atoms with Crippen molar-refractivity contribution < 1.29 is 24.2 Å². The van der Waals surface area contributed by atoms with Gasteiger partial charge in [0.15, 0.2) is 0 Å². The van der Waals surface area contributed by atoms with Crippen molar-refractivity contribution in [3.8, 4) is 5.75 Å². The van der Waals surface area contributed by atoms with Gasteiger partial charge in [-0.2, -0.15) is 0 Å². The molecule has 5 atom stereocenters. The smallest absolute Gasteiger partial charge is 0.244 e. The second kappa shape index (κ2) is 10.1. The molecule has 3 N–H and O–H groups in total. The number of nitrogens with zero attached hydrogens (tertiary/aromatic N) is 1. The molecule has 37 heavy (non-hydrogen) atoms. The van der Waals surface area contributed by atoms with E-state index in [1.807, 2.05) is 20.8 Å². The van der Waals surface area contributed by atoms with E-state index in [-0.39, 0.29) is 41.5 Å². The highest BCUT2D eigenvalue weighted by molar-refractivity contribution is 8.02. The molecule has 0 saturated carbocycles. The van der Waals surface area contributed by atoms with E-state index < -0.39 is 28.2 Å². The SMILES string of the molecule is CCOc1ccc(NC(=O)[C@@H]2[C@H]3C(=O)N(CCO)C(C(=O)NC(C)(C)CC(C)(C)C)C34CC[C@H]2S4)cc1. The number of thioether (sulfide) groups is 1. The van der Waals surface area contributed by atoms with Crippen LogP contribution in [0.15, 0.2) is 24.3 Å². The van der Waals surface area contributed by atoms with Gasteiger partial charge >= 0.3 is 0 Å². The summed E-state index contributed by atoms with van der Waals surface area (Å²) in [4.78, 5) is 42.7. The third-order valence-corrected chi connectivity index (χ3v) is 9.51. The fourth-order valence-corrected chi connectivity index (χ4v) is 9.12. The maximum atomic E-state index is 13.8. The minimum atomic E-state index is -0.713. The number of hydrogen-bond acceptors (Lipinski definition) is 6. The van der Waals surface area contributed by atoms with Crippen molar-refractivity contribution in [1.29, 1.82) is 0 Å². The lowest BCUT2D eigenvalue weighted by molar-refractivity contribution is -0.139. The zero-order valence-electron chi connectivity index (χ0n) is 22.8. The molecule has 2 unspecified atom stereocenters. The Balaban J connectivity index is 1.58. The van der Waals surface area contributed by atoms with Crippen LogP contribution in [0.3, 0.4) is 0 Å². The molecule has 3 aliphatic rings. The summed E-state index contributed by atoms with van der Waals surface area (Å²) in [6.45, 7) is 12.7. The Bertz CT molecular complexity index is 1040. The van der Waals surface area contributed by atoms with E-state index in [1.54, 1.807) is 36.0 Å². The predicted octanol–water partition coefficient (Wildman–Crippen LogP) is 3.44. The molecule has 9 heteroatoms. The molecule has 0 aliphatic carbocycles. The molecule has 3 aliphatic heterocycles. The Hall–Kier alpha value is -2.26. The average Bonchev–Trinajstić information content (AvgIpc) is 3.41. The van der Waals surface area contributed by atoms with Gasteiger partial charge in [-0.25, -0.2) is 0 Å². The van der Waals surface area contributed by atoms with E-state index >= 15 is 0 Å². The number of ether oxygens (including phenoxy) is 1. The van der Waals surface area contributed by atoms with Crippen LogP contribution in [-0.2, 0) is 14.4 Å². The molecule has 1 aromatic rings. The van der Waals surface area contributed by atoms with Crippen LogP contribution in [0.4, 0.5) is 5.69 Å². The molecule has 0 aromatic heterocycles. The first-order chi connectivity index (χ1) is 17.3. The molecule has 3 heterocycles. The topological polar surface area (TPSA) is 108 Å². The largest absolute Gasteiger partial charge is 0.494 e. The summed E-state index contributed by atoms with van der Waals surface area (Å²) < 4.78 is 4.81. The quantitative estimate of drug-likeness (QED) is 0.451. The highest BCUT2D eigenvalue weighted by Crippen LogP contribution is 2.66. The highest BCUT2D eigenvalue weighted by atomic mass is 32.2. The first-order valence-corrected chi connectivity index (χ1v) is 14.1. The Morgan fingerprint density at radius 3 is 2.43 bits per heavy atom. The number of benzene rings is 1. The maximum absolute atomic E-state index is 13.8.